The van der Waals surface area contributed by atoms with Crippen molar-refractivity contribution in [1.29, 1.82) is 0 Å². The van der Waals surface area contributed by atoms with Crippen molar-refractivity contribution in [1.82, 2.24) is 0 Å². The number of Topliss-reactive ketones (excluding diaryl/α,β-unsaturated/α-hetero) is 2. The number of carbonyl (C=O) groups is 2. The molecular formula is C25H21NO2. The molecule has 0 saturated heterocycles. The maximum Gasteiger partial charge on any atom is 0.178 e. The number of rotatable bonds is 1. The van der Waals surface area contributed by atoms with Crippen LogP contribution in [0.2, 0.25) is 0 Å². The highest BCUT2D eigenvalue weighted by atomic mass is 16.2. The zero-order chi connectivity index (χ0) is 19.5. The van der Waals surface area contributed by atoms with E-state index in [1.807, 2.05) is 73.8 Å². The first kappa shape index (κ1) is 16.9. The van der Waals surface area contributed by atoms with E-state index in [-0.39, 0.29) is 17.5 Å². The van der Waals surface area contributed by atoms with Gasteiger partial charge in [-0.3, -0.25) is 9.59 Å². The lowest BCUT2D eigenvalue weighted by Gasteiger charge is -2.55. The lowest BCUT2D eigenvalue weighted by Crippen LogP contribution is -2.64. The Morgan fingerprint density at radius 2 is 1.29 bits per heavy atom. The molecule has 0 radical (unpaired) electrons. The van der Waals surface area contributed by atoms with Crippen LogP contribution in [-0.4, -0.2) is 24.2 Å². The normalized spacial score (nSPS) is 25.7. The molecule has 0 N–H and O–H groups in total. The van der Waals surface area contributed by atoms with Gasteiger partial charge in [-0.1, -0.05) is 66.7 Å². The Bertz CT molecular complexity index is 1100. The molecule has 0 aromatic heterocycles. The van der Waals surface area contributed by atoms with Crippen molar-refractivity contribution in [3.63, 3.8) is 0 Å². The van der Waals surface area contributed by atoms with Crippen LogP contribution in [0.5, 0.6) is 0 Å². The number of ketones is 2. The number of anilines is 1. The molecule has 2 aliphatic rings. The minimum absolute atomic E-state index is 0.0726. The van der Waals surface area contributed by atoms with Crippen LogP contribution in [0.4, 0.5) is 5.69 Å². The Balaban J connectivity index is 1.85. The third-order valence-corrected chi connectivity index (χ3v) is 6.62. The molecule has 0 amide bonds. The van der Waals surface area contributed by atoms with E-state index in [9.17, 15) is 9.59 Å². The minimum atomic E-state index is -0.729. The lowest BCUT2D eigenvalue weighted by atomic mass is 9.57. The summed E-state index contributed by atoms with van der Waals surface area (Å²) in [6.07, 6.45) is 0. The average Bonchev–Trinajstić information content (AvgIpc) is 2.73. The summed E-state index contributed by atoms with van der Waals surface area (Å²) in [5.41, 5.74) is 3.62. The molecule has 1 heterocycles. The van der Waals surface area contributed by atoms with Gasteiger partial charge < -0.3 is 4.90 Å². The van der Waals surface area contributed by atoms with Crippen molar-refractivity contribution >= 4 is 17.3 Å². The van der Waals surface area contributed by atoms with Crippen LogP contribution < -0.4 is 4.90 Å². The highest BCUT2D eigenvalue weighted by Gasteiger charge is 2.59. The molecule has 0 spiro atoms. The molecule has 0 fully saturated rings. The fraction of sp³-hybridized carbons (Fsp3) is 0.200. The largest absolute Gasteiger partial charge is 0.366 e. The van der Waals surface area contributed by atoms with Gasteiger partial charge in [-0.2, -0.15) is 0 Å². The van der Waals surface area contributed by atoms with Crippen molar-refractivity contribution < 1.29 is 9.59 Å². The number of fused-ring (bicyclic) bond motifs is 3. The first-order chi connectivity index (χ1) is 13.5. The molecule has 3 aromatic carbocycles. The summed E-state index contributed by atoms with van der Waals surface area (Å²) in [7, 11) is 2.01. The third kappa shape index (κ3) is 2.04. The molecule has 1 aliphatic heterocycles. The summed E-state index contributed by atoms with van der Waals surface area (Å²) in [4.78, 5) is 29.3. The highest BCUT2D eigenvalue weighted by molar-refractivity contribution is 6.22. The molecule has 3 heteroatoms. The van der Waals surface area contributed by atoms with Crippen molar-refractivity contribution in [2.45, 2.75) is 18.4 Å². The minimum Gasteiger partial charge on any atom is -0.366 e. The summed E-state index contributed by atoms with van der Waals surface area (Å²) in [5, 5.41) is 0. The first-order valence-electron chi connectivity index (χ1n) is 9.60. The smallest absolute Gasteiger partial charge is 0.178 e. The van der Waals surface area contributed by atoms with E-state index < -0.39 is 11.5 Å². The van der Waals surface area contributed by atoms with Crippen LogP contribution in [0.3, 0.4) is 0 Å². The van der Waals surface area contributed by atoms with Crippen molar-refractivity contribution in [2.75, 3.05) is 11.9 Å². The van der Waals surface area contributed by atoms with Gasteiger partial charge in [0.25, 0.3) is 0 Å². The zero-order valence-corrected chi connectivity index (χ0v) is 15.9. The highest BCUT2D eigenvalue weighted by Crippen LogP contribution is 2.53. The molecule has 28 heavy (non-hydrogen) atoms. The topological polar surface area (TPSA) is 37.4 Å². The van der Waals surface area contributed by atoms with E-state index in [4.69, 9.17) is 0 Å². The number of hydrogen-bond acceptors (Lipinski definition) is 3. The quantitative estimate of drug-likeness (QED) is 0.584. The van der Waals surface area contributed by atoms with Gasteiger partial charge in [0.1, 0.15) is 5.92 Å². The van der Waals surface area contributed by atoms with Gasteiger partial charge in [-0.25, -0.2) is 0 Å². The summed E-state index contributed by atoms with van der Waals surface area (Å²) in [5.74, 6) is -0.962. The standard InChI is InChI=1S/C25H21NO2/c1-25-21(16-10-4-3-5-11-16)17-12-6-7-13-18(17)23(27)22(25)24(28)19-14-8-9-15-20(19)26(25)2/h3-15,21-22H,1-2H3/t21-,22+,25+/m1/s1. The van der Waals surface area contributed by atoms with Crippen LogP contribution >= 0.6 is 0 Å². The Labute approximate surface area is 164 Å². The molecule has 0 bridgehead atoms. The number of para-hydroxylation sites is 1. The second-order valence-electron chi connectivity index (χ2n) is 7.89. The van der Waals surface area contributed by atoms with Crippen molar-refractivity contribution in [3.8, 4) is 0 Å². The molecule has 138 valence electrons. The number of nitrogens with zero attached hydrogens (tertiary/aromatic N) is 1. The van der Waals surface area contributed by atoms with E-state index in [1.165, 1.54) is 0 Å². The van der Waals surface area contributed by atoms with Gasteiger partial charge in [0, 0.05) is 29.8 Å². The number of carbonyl (C=O) groups excluding carboxylic acids is 2. The Kier molecular flexibility index (Phi) is 3.57. The Morgan fingerprint density at radius 1 is 0.714 bits per heavy atom. The van der Waals surface area contributed by atoms with Crippen LogP contribution in [-0.2, 0) is 0 Å². The van der Waals surface area contributed by atoms with Gasteiger partial charge in [-0.15, -0.1) is 0 Å². The molecule has 1 aliphatic carbocycles. The number of benzene rings is 3. The molecule has 3 atom stereocenters. The van der Waals surface area contributed by atoms with Crippen LogP contribution in [0.25, 0.3) is 0 Å². The van der Waals surface area contributed by atoms with Gasteiger partial charge in [-0.05, 0) is 30.2 Å². The number of hydrogen-bond donors (Lipinski definition) is 0. The second-order valence-corrected chi connectivity index (χ2v) is 7.89. The van der Waals surface area contributed by atoms with E-state index in [0.717, 1.165) is 16.8 Å². The summed E-state index contributed by atoms with van der Waals surface area (Å²) in [6, 6.07) is 25.6. The Hall–Kier alpha value is -3.20. The van der Waals surface area contributed by atoms with Gasteiger partial charge in [0.05, 0.1) is 5.54 Å². The summed E-state index contributed by atoms with van der Waals surface area (Å²) in [6.45, 7) is 2.07. The lowest BCUT2D eigenvalue weighted by molar-refractivity contribution is 0.0683. The zero-order valence-electron chi connectivity index (χ0n) is 15.9. The average molecular weight is 367 g/mol. The van der Waals surface area contributed by atoms with Gasteiger partial charge >= 0.3 is 0 Å². The Morgan fingerprint density at radius 3 is 2.04 bits per heavy atom. The molecule has 5 rings (SSSR count). The van der Waals surface area contributed by atoms with E-state index in [2.05, 4.69) is 24.0 Å². The maximum absolute atomic E-state index is 13.6. The van der Waals surface area contributed by atoms with Crippen LogP contribution in [0.15, 0.2) is 78.9 Å². The van der Waals surface area contributed by atoms with Crippen LogP contribution in [0, 0.1) is 5.92 Å². The molecule has 3 nitrogen and oxygen atoms in total. The molecule has 3 aromatic rings. The van der Waals surface area contributed by atoms with E-state index >= 15 is 0 Å². The summed E-state index contributed by atoms with van der Waals surface area (Å²) < 4.78 is 0. The first-order valence-corrected chi connectivity index (χ1v) is 9.60. The van der Waals surface area contributed by atoms with Gasteiger partial charge in [0.15, 0.2) is 11.6 Å². The molecule has 0 saturated carbocycles. The monoisotopic (exact) mass is 367 g/mol. The molecule has 0 unspecified atom stereocenters. The van der Waals surface area contributed by atoms with Crippen molar-refractivity contribution in [2.24, 2.45) is 5.92 Å². The fourth-order valence-corrected chi connectivity index (χ4v) is 5.20. The van der Waals surface area contributed by atoms with Crippen molar-refractivity contribution in [3.05, 3.63) is 101 Å². The summed E-state index contributed by atoms with van der Waals surface area (Å²) >= 11 is 0. The maximum atomic E-state index is 13.6. The SMILES string of the molecule is CN1c2ccccc2C(=O)[C@@H]2C(=O)c3ccccc3[C@@H](c3ccccc3)[C@@]21C. The second kappa shape index (κ2) is 5.90. The predicted molar refractivity (Wildman–Crippen MR) is 110 cm³/mol. The van der Waals surface area contributed by atoms with E-state index in [0.29, 0.717) is 11.1 Å². The fourth-order valence-electron chi connectivity index (χ4n) is 5.20. The number of likely N-dealkylation sites (N-methyl/N-ethyl adjacent to an activating group) is 1. The predicted octanol–water partition coefficient (Wildman–Crippen LogP) is 4.72. The molecular weight excluding hydrogens is 346 g/mol. The van der Waals surface area contributed by atoms with Gasteiger partial charge in [0.2, 0.25) is 0 Å². The third-order valence-electron chi connectivity index (χ3n) is 6.62. The van der Waals surface area contributed by atoms with Crippen LogP contribution in [0.1, 0.15) is 44.7 Å². The van der Waals surface area contributed by atoms with E-state index in [1.54, 1.807) is 0 Å².